The lowest BCUT2D eigenvalue weighted by Gasteiger charge is -2.28. The maximum Gasteiger partial charge on any atom is 0.336 e. The van der Waals surface area contributed by atoms with Crippen molar-refractivity contribution in [3.05, 3.63) is 40.8 Å². The van der Waals surface area contributed by atoms with Crippen molar-refractivity contribution in [2.24, 2.45) is 0 Å². The van der Waals surface area contributed by atoms with Gasteiger partial charge >= 0.3 is 11.6 Å². The highest BCUT2D eigenvalue weighted by Gasteiger charge is 2.29. The van der Waals surface area contributed by atoms with Crippen molar-refractivity contribution < 1.29 is 23.8 Å². The Labute approximate surface area is 133 Å². The summed E-state index contributed by atoms with van der Waals surface area (Å²) in [4.78, 5) is 22.3. The average Bonchev–Trinajstić information content (AvgIpc) is 2.44. The fraction of sp³-hybridized carbons (Fsp3) is 0.412. The second kappa shape index (κ2) is 6.83. The van der Waals surface area contributed by atoms with Gasteiger partial charge in [-0.3, -0.25) is 4.79 Å². The number of aliphatic hydroxyl groups is 1. The summed E-state index contributed by atoms with van der Waals surface area (Å²) in [5.74, 6) is 0.0776. The Morgan fingerprint density at radius 2 is 2.00 bits per heavy atom. The van der Waals surface area contributed by atoms with Crippen LogP contribution in [0.5, 0.6) is 5.75 Å². The van der Waals surface area contributed by atoms with Gasteiger partial charge in [-0.1, -0.05) is 0 Å². The van der Waals surface area contributed by atoms with Crippen LogP contribution in [0.15, 0.2) is 39.5 Å². The zero-order chi connectivity index (χ0) is 17.0. The van der Waals surface area contributed by atoms with Crippen LogP contribution in [0, 0.1) is 0 Å². The van der Waals surface area contributed by atoms with Crippen LogP contribution in [0.25, 0.3) is 11.0 Å². The Bertz CT molecular complexity index is 741. The molecule has 6 heteroatoms. The van der Waals surface area contributed by atoms with E-state index in [0.717, 1.165) is 5.39 Å². The van der Waals surface area contributed by atoms with Gasteiger partial charge in [0.15, 0.2) is 0 Å². The lowest BCUT2D eigenvalue weighted by atomic mass is 9.99. The van der Waals surface area contributed by atoms with Gasteiger partial charge in [0, 0.05) is 30.9 Å². The molecule has 2 aromatic rings. The molecule has 0 aliphatic carbocycles. The topological polar surface area (TPSA) is 86.0 Å². The second-order valence-corrected chi connectivity index (χ2v) is 5.84. The fourth-order valence-electron chi connectivity index (χ4n) is 2.17. The molecule has 0 unspecified atom stereocenters. The number of carbonyl (C=O) groups is 1. The van der Waals surface area contributed by atoms with E-state index in [1.807, 2.05) is 0 Å². The van der Waals surface area contributed by atoms with E-state index in [1.54, 1.807) is 38.1 Å². The lowest BCUT2D eigenvalue weighted by molar-refractivity contribution is -0.160. The predicted molar refractivity (Wildman–Crippen MR) is 84.4 cm³/mol. The van der Waals surface area contributed by atoms with Gasteiger partial charge in [-0.15, -0.1) is 0 Å². The smallest absolute Gasteiger partial charge is 0.336 e. The largest absolute Gasteiger partial charge is 0.493 e. The van der Waals surface area contributed by atoms with Crippen LogP contribution >= 0.6 is 0 Å². The quantitative estimate of drug-likeness (QED) is 0.649. The molecule has 0 aliphatic rings. The first-order valence-corrected chi connectivity index (χ1v) is 7.32. The van der Waals surface area contributed by atoms with Crippen molar-refractivity contribution in [1.82, 2.24) is 0 Å². The molecule has 124 valence electrons. The van der Waals surface area contributed by atoms with E-state index in [0.29, 0.717) is 17.8 Å². The first-order valence-electron chi connectivity index (χ1n) is 7.32. The number of hydrogen-bond donors (Lipinski definition) is 1. The number of hydrogen-bond acceptors (Lipinski definition) is 6. The van der Waals surface area contributed by atoms with Crippen LogP contribution in [0.4, 0.5) is 0 Å². The fourth-order valence-corrected chi connectivity index (χ4v) is 2.17. The molecule has 0 saturated carbocycles. The summed E-state index contributed by atoms with van der Waals surface area (Å²) < 4.78 is 15.8. The molecule has 0 bridgehead atoms. The van der Waals surface area contributed by atoms with Gasteiger partial charge < -0.3 is 19.0 Å². The first kappa shape index (κ1) is 17.0. The Balaban J connectivity index is 2.02. The molecule has 1 aromatic carbocycles. The third-order valence-electron chi connectivity index (χ3n) is 3.34. The molecule has 1 aromatic heterocycles. The SMILES string of the molecule is CC(=O)O[C@@H](CCOc1ccc2ccc(=O)oc2c1)C(C)(C)O. The highest BCUT2D eigenvalue weighted by molar-refractivity contribution is 5.77. The van der Waals surface area contributed by atoms with Crippen LogP contribution in [-0.4, -0.2) is 29.4 Å². The molecule has 0 saturated heterocycles. The van der Waals surface area contributed by atoms with E-state index >= 15 is 0 Å². The van der Waals surface area contributed by atoms with Gasteiger partial charge in [0.25, 0.3) is 0 Å². The summed E-state index contributed by atoms with van der Waals surface area (Å²) in [7, 11) is 0. The third kappa shape index (κ3) is 4.82. The predicted octanol–water partition coefficient (Wildman–Crippen LogP) is 2.26. The van der Waals surface area contributed by atoms with Crippen molar-refractivity contribution >= 4 is 16.9 Å². The van der Waals surface area contributed by atoms with Crippen LogP contribution in [-0.2, 0) is 9.53 Å². The summed E-state index contributed by atoms with van der Waals surface area (Å²) in [6.07, 6.45) is -0.335. The lowest BCUT2D eigenvalue weighted by Crippen LogP contribution is -2.40. The van der Waals surface area contributed by atoms with Crippen LogP contribution in [0.3, 0.4) is 0 Å². The summed E-state index contributed by atoms with van der Waals surface area (Å²) in [6, 6.07) is 8.20. The van der Waals surface area contributed by atoms with Gasteiger partial charge in [0.05, 0.1) is 12.2 Å². The Morgan fingerprint density at radius 1 is 1.30 bits per heavy atom. The maximum atomic E-state index is 11.2. The molecule has 0 spiro atoms. The Morgan fingerprint density at radius 3 is 2.65 bits per heavy atom. The Hall–Kier alpha value is -2.34. The third-order valence-corrected chi connectivity index (χ3v) is 3.34. The molecule has 0 aliphatic heterocycles. The van der Waals surface area contributed by atoms with Crippen LogP contribution in [0.2, 0.25) is 0 Å². The van der Waals surface area contributed by atoms with E-state index < -0.39 is 23.3 Å². The standard InChI is InChI=1S/C17H20O6/c1-11(18)22-15(17(2,3)20)8-9-21-13-6-4-12-5-7-16(19)23-14(12)10-13/h4-7,10,15,20H,8-9H2,1-3H3/t15-/m0/s1. The molecule has 0 radical (unpaired) electrons. The van der Waals surface area contributed by atoms with Crippen LogP contribution in [0.1, 0.15) is 27.2 Å². The minimum atomic E-state index is -1.16. The molecular weight excluding hydrogens is 300 g/mol. The second-order valence-electron chi connectivity index (χ2n) is 5.84. The highest BCUT2D eigenvalue weighted by Crippen LogP contribution is 2.21. The summed E-state index contributed by atoms with van der Waals surface area (Å²) in [5.41, 5.74) is -1.15. The molecule has 1 heterocycles. The molecule has 1 atom stereocenters. The number of ether oxygens (including phenoxy) is 2. The van der Waals surface area contributed by atoms with Crippen molar-refractivity contribution in [2.75, 3.05) is 6.61 Å². The Kier molecular flexibility index (Phi) is 5.05. The van der Waals surface area contributed by atoms with E-state index in [2.05, 4.69) is 0 Å². The van der Waals surface area contributed by atoms with Crippen molar-refractivity contribution in [2.45, 2.75) is 38.9 Å². The first-order chi connectivity index (χ1) is 10.8. The summed E-state index contributed by atoms with van der Waals surface area (Å²) in [5, 5.41) is 10.8. The zero-order valence-corrected chi connectivity index (χ0v) is 13.4. The van der Waals surface area contributed by atoms with Crippen molar-refractivity contribution in [3.63, 3.8) is 0 Å². The minimum absolute atomic E-state index is 0.241. The summed E-state index contributed by atoms with van der Waals surface area (Å²) in [6.45, 7) is 4.69. The van der Waals surface area contributed by atoms with E-state index in [9.17, 15) is 14.7 Å². The van der Waals surface area contributed by atoms with Gasteiger partial charge in [-0.2, -0.15) is 0 Å². The zero-order valence-electron chi connectivity index (χ0n) is 13.4. The normalized spacial score (nSPS) is 12.9. The maximum absolute atomic E-state index is 11.2. The number of esters is 1. The highest BCUT2D eigenvalue weighted by atomic mass is 16.6. The molecule has 6 nitrogen and oxygen atoms in total. The molecule has 23 heavy (non-hydrogen) atoms. The monoisotopic (exact) mass is 320 g/mol. The van der Waals surface area contributed by atoms with E-state index in [-0.39, 0.29) is 6.61 Å². The van der Waals surface area contributed by atoms with Gasteiger partial charge in [0.2, 0.25) is 0 Å². The number of rotatable bonds is 6. The number of carbonyl (C=O) groups excluding carboxylic acids is 1. The van der Waals surface area contributed by atoms with E-state index in [4.69, 9.17) is 13.9 Å². The van der Waals surface area contributed by atoms with Crippen LogP contribution < -0.4 is 10.4 Å². The van der Waals surface area contributed by atoms with Crippen molar-refractivity contribution in [3.8, 4) is 5.75 Å². The van der Waals surface area contributed by atoms with Gasteiger partial charge in [-0.05, 0) is 32.0 Å². The number of benzene rings is 1. The van der Waals surface area contributed by atoms with Gasteiger partial charge in [0.1, 0.15) is 17.4 Å². The molecule has 0 amide bonds. The average molecular weight is 320 g/mol. The molecule has 1 N–H and O–H groups in total. The van der Waals surface area contributed by atoms with Gasteiger partial charge in [-0.25, -0.2) is 4.79 Å². The van der Waals surface area contributed by atoms with Crippen molar-refractivity contribution in [1.29, 1.82) is 0 Å². The molecule has 2 rings (SSSR count). The summed E-state index contributed by atoms with van der Waals surface area (Å²) >= 11 is 0. The molecule has 0 fully saturated rings. The number of fused-ring (bicyclic) bond motifs is 1. The molecular formula is C17H20O6. The van der Waals surface area contributed by atoms with E-state index in [1.165, 1.54) is 13.0 Å². The minimum Gasteiger partial charge on any atom is -0.493 e.